The first-order chi connectivity index (χ1) is 8.06. The van der Waals surface area contributed by atoms with Gasteiger partial charge >= 0.3 is 11.1 Å². The first-order valence-corrected chi connectivity index (χ1v) is 5.58. The minimum atomic E-state index is -0.797. The average Bonchev–Trinajstić information content (AvgIpc) is 2.26. The number of H-pyrrole nitrogens is 1. The van der Waals surface area contributed by atoms with Gasteiger partial charge in [-0.3, -0.25) is 19.4 Å². The van der Waals surface area contributed by atoms with Crippen molar-refractivity contribution in [2.45, 2.75) is 10.1 Å². The van der Waals surface area contributed by atoms with E-state index in [2.05, 4.69) is 10.1 Å². The number of nitrogens with two attached hydrogens (primary N) is 1. The maximum Gasteiger partial charge on any atom is 0.339 e. The molecule has 3 N–H and O–H groups in total. The molecule has 0 aliphatic heterocycles. The predicted octanol–water partition coefficient (Wildman–Crippen LogP) is 0.202. The summed E-state index contributed by atoms with van der Waals surface area (Å²) >= 11 is 1.25. The quantitative estimate of drug-likeness (QED) is 0.586. The van der Waals surface area contributed by atoms with E-state index in [9.17, 15) is 9.59 Å². The summed E-state index contributed by atoms with van der Waals surface area (Å²) in [6.07, 6.45) is 0. The van der Waals surface area contributed by atoms with E-state index in [0.717, 1.165) is 4.90 Å². The molecular weight excluding hydrogens is 240 g/mol. The van der Waals surface area contributed by atoms with Gasteiger partial charge < -0.3 is 5.73 Å². The van der Waals surface area contributed by atoms with E-state index in [1.54, 1.807) is 25.2 Å². The van der Waals surface area contributed by atoms with Crippen LogP contribution in [0.5, 0.6) is 0 Å². The summed E-state index contributed by atoms with van der Waals surface area (Å²) in [4.78, 5) is 26.7. The molecule has 0 bridgehead atoms. The predicted molar refractivity (Wildman–Crippen MR) is 65.1 cm³/mol. The zero-order chi connectivity index (χ0) is 12.4. The van der Waals surface area contributed by atoms with Crippen molar-refractivity contribution < 1.29 is 0 Å². The number of nitrogens with zero attached hydrogens (tertiary/aromatic N) is 2. The van der Waals surface area contributed by atoms with Gasteiger partial charge in [0.15, 0.2) is 5.16 Å². The molecule has 2 rings (SSSR count). The zero-order valence-electron chi connectivity index (χ0n) is 9.01. The Bertz CT molecular complexity index is 662. The lowest BCUT2D eigenvalue weighted by Crippen LogP contribution is -2.33. The fraction of sp³-hybridized carbons (Fsp3) is 0.100. The van der Waals surface area contributed by atoms with Crippen molar-refractivity contribution in [3.8, 4) is 0 Å². The van der Waals surface area contributed by atoms with Gasteiger partial charge in [-0.05, 0) is 18.2 Å². The number of aromatic nitrogens is 3. The molecule has 1 aromatic heterocycles. The van der Waals surface area contributed by atoms with Crippen LogP contribution in [0.4, 0.5) is 5.69 Å². The molecular formula is C10H10N4O2S. The van der Waals surface area contributed by atoms with E-state index in [1.807, 2.05) is 6.07 Å². The Morgan fingerprint density at radius 2 is 2.18 bits per heavy atom. The SMILES string of the molecule is Cn1[nH]c(=O)c(=O)nc1Sc1cccc(N)c1. The van der Waals surface area contributed by atoms with Gasteiger partial charge in [-0.15, -0.1) is 0 Å². The van der Waals surface area contributed by atoms with Crippen molar-refractivity contribution in [2.24, 2.45) is 7.05 Å². The molecule has 1 heterocycles. The summed E-state index contributed by atoms with van der Waals surface area (Å²) in [7, 11) is 1.61. The number of anilines is 1. The highest BCUT2D eigenvalue weighted by Crippen LogP contribution is 2.25. The standard InChI is InChI=1S/C10H10N4O2S/c1-14-10(12-8(15)9(16)13-14)17-7-4-2-3-6(11)5-7/h2-5H,11H2,1H3,(H,13,16). The van der Waals surface area contributed by atoms with Gasteiger partial charge in [0, 0.05) is 17.6 Å². The van der Waals surface area contributed by atoms with Crippen LogP contribution in [0.1, 0.15) is 0 Å². The molecule has 0 aliphatic carbocycles. The van der Waals surface area contributed by atoms with E-state index in [0.29, 0.717) is 10.8 Å². The van der Waals surface area contributed by atoms with E-state index >= 15 is 0 Å². The van der Waals surface area contributed by atoms with Gasteiger partial charge in [0.2, 0.25) is 0 Å². The molecule has 0 aliphatic rings. The van der Waals surface area contributed by atoms with Crippen LogP contribution in [-0.4, -0.2) is 14.8 Å². The molecule has 17 heavy (non-hydrogen) atoms. The molecule has 88 valence electrons. The molecule has 6 nitrogen and oxygen atoms in total. The summed E-state index contributed by atoms with van der Waals surface area (Å²) in [5.74, 6) is 0. The Balaban J connectivity index is 2.40. The largest absolute Gasteiger partial charge is 0.399 e. The second-order valence-electron chi connectivity index (χ2n) is 3.37. The van der Waals surface area contributed by atoms with Gasteiger partial charge in [0.25, 0.3) is 0 Å². The number of aromatic amines is 1. The smallest absolute Gasteiger partial charge is 0.339 e. The summed E-state index contributed by atoms with van der Waals surface area (Å²) in [5, 5.41) is 2.78. The van der Waals surface area contributed by atoms with Crippen molar-refractivity contribution >= 4 is 17.4 Å². The summed E-state index contributed by atoms with van der Waals surface area (Å²) in [6.45, 7) is 0. The maximum atomic E-state index is 11.1. The molecule has 1 aromatic carbocycles. The highest BCUT2D eigenvalue weighted by Gasteiger charge is 2.05. The lowest BCUT2D eigenvalue weighted by Gasteiger charge is -2.05. The summed E-state index contributed by atoms with van der Waals surface area (Å²) in [5.41, 5.74) is 4.74. The highest BCUT2D eigenvalue weighted by molar-refractivity contribution is 7.99. The van der Waals surface area contributed by atoms with Crippen molar-refractivity contribution in [3.05, 3.63) is 45.0 Å². The normalized spacial score (nSPS) is 10.4. The summed E-state index contributed by atoms with van der Waals surface area (Å²) in [6, 6.07) is 7.19. The number of rotatable bonds is 2. The van der Waals surface area contributed by atoms with Gasteiger partial charge in [0.05, 0.1) is 0 Å². The lowest BCUT2D eigenvalue weighted by molar-refractivity contribution is 0.596. The maximum absolute atomic E-state index is 11.1. The van der Waals surface area contributed by atoms with Crippen LogP contribution in [0, 0.1) is 0 Å². The van der Waals surface area contributed by atoms with Gasteiger partial charge in [-0.2, -0.15) is 4.98 Å². The summed E-state index contributed by atoms with van der Waals surface area (Å²) < 4.78 is 1.40. The number of hydrogen-bond acceptors (Lipinski definition) is 5. The van der Waals surface area contributed by atoms with Crippen molar-refractivity contribution in [2.75, 3.05) is 5.73 Å². The highest BCUT2D eigenvalue weighted by atomic mass is 32.2. The molecule has 0 saturated carbocycles. The third-order valence-corrected chi connectivity index (χ3v) is 3.05. The number of hydrogen-bond donors (Lipinski definition) is 2. The first-order valence-electron chi connectivity index (χ1n) is 4.77. The molecule has 0 unspecified atom stereocenters. The van der Waals surface area contributed by atoms with Crippen LogP contribution in [0.15, 0.2) is 43.9 Å². The van der Waals surface area contributed by atoms with E-state index in [4.69, 9.17) is 5.73 Å². The Kier molecular flexibility index (Phi) is 3.01. The molecule has 0 amide bonds. The third kappa shape index (κ3) is 2.56. The number of nitrogens with one attached hydrogen (secondary N) is 1. The van der Waals surface area contributed by atoms with Crippen molar-refractivity contribution in [1.82, 2.24) is 14.8 Å². The van der Waals surface area contributed by atoms with Crippen LogP contribution in [-0.2, 0) is 7.05 Å². The second kappa shape index (κ2) is 4.46. The van der Waals surface area contributed by atoms with Crippen LogP contribution >= 0.6 is 11.8 Å². The lowest BCUT2D eigenvalue weighted by atomic mass is 10.3. The fourth-order valence-corrected chi connectivity index (χ4v) is 2.10. The van der Waals surface area contributed by atoms with Crippen LogP contribution in [0.25, 0.3) is 0 Å². The van der Waals surface area contributed by atoms with E-state index in [1.165, 1.54) is 16.4 Å². The molecule has 0 radical (unpaired) electrons. The fourth-order valence-electron chi connectivity index (χ4n) is 1.24. The Morgan fingerprint density at radius 3 is 2.88 bits per heavy atom. The van der Waals surface area contributed by atoms with E-state index < -0.39 is 11.1 Å². The average molecular weight is 250 g/mol. The molecule has 7 heteroatoms. The molecule has 0 fully saturated rings. The van der Waals surface area contributed by atoms with Crippen LogP contribution < -0.4 is 16.9 Å². The van der Waals surface area contributed by atoms with Crippen LogP contribution in [0.3, 0.4) is 0 Å². The number of nitrogen functional groups attached to an aromatic ring is 1. The topological polar surface area (TPSA) is 93.8 Å². The number of aryl methyl sites for hydroxylation is 1. The molecule has 0 atom stereocenters. The van der Waals surface area contributed by atoms with E-state index in [-0.39, 0.29) is 0 Å². The number of benzene rings is 1. The third-order valence-electron chi connectivity index (χ3n) is 2.01. The minimum absolute atomic E-state index is 0.403. The zero-order valence-corrected chi connectivity index (χ0v) is 9.82. The Labute approximate surface area is 100 Å². The van der Waals surface area contributed by atoms with Crippen molar-refractivity contribution in [3.63, 3.8) is 0 Å². The monoisotopic (exact) mass is 250 g/mol. The van der Waals surface area contributed by atoms with Gasteiger partial charge in [0.1, 0.15) is 0 Å². The molecule has 0 spiro atoms. The second-order valence-corrected chi connectivity index (χ2v) is 4.41. The minimum Gasteiger partial charge on any atom is -0.399 e. The molecule has 2 aromatic rings. The Hall–Kier alpha value is -2.02. The van der Waals surface area contributed by atoms with Gasteiger partial charge in [-0.1, -0.05) is 17.8 Å². The van der Waals surface area contributed by atoms with Crippen LogP contribution in [0.2, 0.25) is 0 Å². The van der Waals surface area contributed by atoms with Crippen molar-refractivity contribution in [1.29, 1.82) is 0 Å². The first kappa shape index (κ1) is 11.5. The van der Waals surface area contributed by atoms with Gasteiger partial charge in [-0.25, -0.2) is 0 Å². The molecule has 0 saturated heterocycles. The Morgan fingerprint density at radius 1 is 1.41 bits per heavy atom.